The molecule has 0 saturated carbocycles. The van der Waals surface area contributed by atoms with Gasteiger partial charge in [0.05, 0.1) is 33.4 Å². The van der Waals surface area contributed by atoms with Gasteiger partial charge in [-0.25, -0.2) is 9.37 Å². The monoisotopic (exact) mass is 610 g/mol. The van der Waals surface area contributed by atoms with Crippen molar-refractivity contribution in [1.29, 1.82) is 0 Å². The lowest BCUT2D eigenvalue weighted by Gasteiger charge is -2.24. The van der Waals surface area contributed by atoms with E-state index in [1.165, 1.54) is 36.3 Å². The number of carbonyl (C=O) groups is 2. The van der Waals surface area contributed by atoms with Crippen molar-refractivity contribution in [2.75, 3.05) is 12.0 Å². The van der Waals surface area contributed by atoms with E-state index < -0.39 is 23.5 Å². The maximum atomic E-state index is 13.9. The molecule has 2 N–H and O–H groups in total. The normalized spacial score (nSPS) is 19.9. The Bertz CT molecular complexity index is 1730. The summed E-state index contributed by atoms with van der Waals surface area (Å²) in [5.74, 6) is -2.00. The fourth-order valence-corrected chi connectivity index (χ4v) is 6.44. The van der Waals surface area contributed by atoms with E-state index in [1.54, 1.807) is 24.3 Å². The number of benzene rings is 3. The molecule has 1 fully saturated rings. The molecule has 198 valence electrons. The number of anilines is 1. The molecule has 4 aromatic rings. The van der Waals surface area contributed by atoms with Gasteiger partial charge in [-0.15, -0.1) is 0 Å². The van der Waals surface area contributed by atoms with E-state index in [0.29, 0.717) is 33.5 Å². The zero-order chi connectivity index (χ0) is 27.6. The van der Waals surface area contributed by atoms with Crippen molar-refractivity contribution in [2.45, 2.75) is 25.5 Å². The zero-order valence-corrected chi connectivity index (χ0v) is 23.0. The maximum absolute atomic E-state index is 13.9. The molecule has 0 spiro atoms. The lowest BCUT2D eigenvalue weighted by molar-refractivity contribution is -0.132. The molecule has 6 rings (SSSR count). The van der Waals surface area contributed by atoms with Crippen LogP contribution in [0, 0.1) is 5.82 Å². The molecule has 8 nitrogen and oxygen atoms in total. The van der Waals surface area contributed by atoms with Gasteiger partial charge in [0, 0.05) is 12.0 Å². The number of hydrogen-bond donors (Lipinski definition) is 2. The third-order valence-electron chi connectivity index (χ3n) is 6.75. The van der Waals surface area contributed by atoms with Crippen LogP contribution in [0.25, 0.3) is 16.0 Å². The number of ether oxygens (including phenoxy) is 2. The Morgan fingerprint density at radius 2 is 2.00 bits per heavy atom. The van der Waals surface area contributed by atoms with Crippen molar-refractivity contribution in [1.82, 2.24) is 4.98 Å². The Balaban J connectivity index is 1.57. The van der Waals surface area contributed by atoms with Gasteiger partial charge >= 0.3 is 5.91 Å². The number of phenols is 1. The number of hydrogen-bond acceptors (Lipinski definition) is 8. The second-order valence-electron chi connectivity index (χ2n) is 9.29. The Morgan fingerprint density at radius 3 is 2.77 bits per heavy atom. The number of phenolic OH excluding ortho intramolecular Hbond substituents is 1. The van der Waals surface area contributed by atoms with Gasteiger partial charge in [-0.2, -0.15) is 0 Å². The van der Waals surface area contributed by atoms with E-state index in [1.807, 2.05) is 6.92 Å². The van der Waals surface area contributed by atoms with Crippen LogP contribution in [0.4, 0.5) is 9.52 Å². The number of fused-ring (bicyclic) bond motifs is 2. The van der Waals surface area contributed by atoms with Gasteiger partial charge in [0.15, 0.2) is 16.6 Å². The minimum Gasteiger partial charge on any atom is -0.507 e. The average Bonchev–Trinajstić information content (AvgIpc) is 3.57. The summed E-state index contributed by atoms with van der Waals surface area (Å²) in [6, 6.07) is 11.1. The number of aromatic nitrogens is 1. The Labute approximate surface area is 234 Å². The summed E-state index contributed by atoms with van der Waals surface area (Å²) in [6.45, 7) is 1.94. The molecule has 1 saturated heterocycles. The van der Waals surface area contributed by atoms with Gasteiger partial charge in [0.1, 0.15) is 23.4 Å². The maximum Gasteiger partial charge on any atom is 0.301 e. The van der Waals surface area contributed by atoms with Crippen LogP contribution in [0.15, 0.2) is 58.6 Å². The number of nitrogens with zero attached hydrogens (tertiary/aromatic N) is 2. The number of ketones is 1. The van der Waals surface area contributed by atoms with E-state index in [2.05, 4.69) is 20.9 Å². The van der Waals surface area contributed by atoms with E-state index in [9.17, 15) is 24.2 Å². The fourth-order valence-electron chi connectivity index (χ4n) is 4.97. The summed E-state index contributed by atoms with van der Waals surface area (Å²) < 4.78 is 25.7. The molecule has 2 aliphatic heterocycles. The minimum absolute atomic E-state index is 0.0198. The van der Waals surface area contributed by atoms with Gasteiger partial charge in [-0.1, -0.05) is 11.3 Å². The number of halogens is 2. The minimum atomic E-state index is -1.12. The van der Waals surface area contributed by atoms with Crippen LogP contribution in [-0.2, 0) is 16.0 Å². The van der Waals surface area contributed by atoms with Gasteiger partial charge in [0.2, 0.25) is 0 Å². The summed E-state index contributed by atoms with van der Waals surface area (Å²) >= 11 is 4.35. The second-order valence-corrected chi connectivity index (χ2v) is 11.1. The topological polar surface area (TPSA) is 109 Å². The molecule has 1 aromatic heterocycles. The molecule has 1 amide bonds. The highest BCUT2D eigenvalue weighted by Crippen LogP contribution is 2.47. The summed E-state index contributed by atoms with van der Waals surface area (Å²) in [5.41, 5.74) is 1.90. The molecule has 0 bridgehead atoms. The summed E-state index contributed by atoms with van der Waals surface area (Å²) in [6.07, 6.45) is 0.618. The van der Waals surface area contributed by atoms with E-state index in [4.69, 9.17) is 9.47 Å². The van der Waals surface area contributed by atoms with Crippen LogP contribution in [0.2, 0.25) is 0 Å². The summed E-state index contributed by atoms with van der Waals surface area (Å²) in [7, 11) is 1.37. The molecule has 39 heavy (non-hydrogen) atoms. The van der Waals surface area contributed by atoms with Crippen molar-refractivity contribution in [2.24, 2.45) is 0 Å². The Morgan fingerprint density at radius 1 is 1.21 bits per heavy atom. The SMILES string of the molecule is COc1cc([C@@H]2/C(=C(\O)c3ccc4c(c3)C[C@H](C)O4)C(=O)C(=O)N2c2nc3ccc(F)cc3s2)cc(Br)c1O. The average molecular weight is 611 g/mol. The van der Waals surface area contributed by atoms with Gasteiger partial charge in [0.25, 0.3) is 5.78 Å². The van der Waals surface area contributed by atoms with Crippen molar-refractivity contribution in [3.8, 4) is 17.2 Å². The van der Waals surface area contributed by atoms with Crippen LogP contribution < -0.4 is 14.4 Å². The zero-order valence-electron chi connectivity index (χ0n) is 20.6. The van der Waals surface area contributed by atoms with Crippen molar-refractivity contribution >= 4 is 60.1 Å². The third-order valence-corrected chi connectivity index (χ3v) is 8.37. The van der Waals surface area contributed by atoms with E-state index >= 15 is 0 Å². The highest BCUT2D eigenvalue weighted by atomic mass is 79.9. The number of methoxy groups -OCH3 is 1. The van der Waals surface area contributed by atoms with Gasteiger partial charge < -0.3 is 19.7 Å². The molecule has 0 radical (unpaired) electrons. The highest BCUT2D eigenvalue weighted by molar-refractivity contribution is 9.10. The van der Waals surface area contributed by atoms with Crippen LogP contribution in [0.1, 0.15) is 29.7 Å². The molecular weight excluding hydrogens is 591 g/mol. The number of aliphatic hydroxyl groups excluding tert-OH is 1. The predicted octanol–water partition coefficient (Wildman–Crippen LogP) is 5.86. The van der Waals surface area contributed by atoms with Gasteiger partial charge in [-0.3, -0.25) is 14.5 Å². The van der Waals surface area contributed by atoms with Crippen LogP contribution in [0.5, 0.6) is 17.2 Å². The van der Waals surface area contributed by atoms with Gasteiger partial charge in [-0.05, 0) is 82.5 Å². The third kappa shape index (κ3) is 4.12. The Kier molecular flexibility index (Phi) is 6.07. The largest absolute Gasteiger partial charge is 0.507 e. The van der Waals surface area contributed by atoms with Crippen LogP contribution >= 0.6 is 27.3 Å². The predicted molar refractivity (Wildman–Crippen MR) is 147 cm³/mol. The standard InChI is InChI=1S/C28H20BrFN2O6S/c1-12-7-14-8-13(3-6-19(14)38-12)24(33)22-23(15-9-17(29)25(34)20(10-15)37-2)32(27(36)26(22)35)28-31-18-5-4-16(30)11-21(18)39-28/h3-6,8-12,23,33-34H,7H2,1-2H3/b24-22+/t12-,23+/m0/s1. The lowest BCUT2D eigenvalue weighted by Crippen LogP contribution is -2.29. The lowest BCUT2D eigenvalue weighted by atomic mass is 9.94. The first-order valence-corrected chi connectivity index (χ1v) is 13.5. The number of Topliss-reactive ketones (excluding diaryl/α,β-unsaturated/α-hetero) is 1. The quantitative estimate of drug-likeness (QED) is 0.169. The number of rotatable bonds is 4. The van der Waals surface area contributed by atoms with Crippen molar-refractivity contribution < 1.29 is 33.7 Å². The van der Waals surface area contributed by atoms with Crippen molar-refractivity contribution in [3.63, 3.8) is 0 Å². The van der Waals surface area contributed by atoms with E-state index in [0.717, 1.165) is 16.9 Å². The first kappa shape index (κ1) is 25.3. The molecule has 0 unspecified atom stereocenters. The first-order chi connectivity index (χ1) is 18.7. The number of aliphatic hydroxyl groups is 1. The number of aromatic hydroxyl groups is 1. The van der Waals surface area contributed by atoms with E-state index in [-0.39, 0.29) is 38.5 Å². The molecule has 3 aromatic carbocycles. The number of thiazole rings is 1. The summed E-state index contributed by atoms with van der Waals surface area (Å²) in [4.78, 5) is 32.7. The molecule has 2 aliphatic rings. The molecular formula is C28H20BrFN2O6S. The smallest absolute Gasteiger partial charge is 0.301 e. The second kappa shape index (κ2) is 9.35. The molecule has 11 heteroatoms. The van der Waals surface area contributed by atoms with Crippen LogP contribution in [-0.4, -0.2) is 40.1 Å². The fraction of sp³-hybridized carbons (Fsp3) is 0.179. The Hall–Kier alpha value is -3.96. The molecule has 2 atom stereocenters. The first-order valence-electron chi connectivity index (χ1n) is 11.9. The number of amides is 1. The highest BCUT2D eigenvalue weighted by Gasteiger charge is 2.48. The molecule has 3 heterocycles. The number of carbonyl (C=O) groups excluding carboxylic acids is 2. The molecule has 0 aliphatic carbocycles. The van der Waals surface area contributed by atoms with Crippen LogP contribution in [0.3, 0.4) is 0 Å². The summed E-state index contributed by atoms with van der Waals surface area (Å²) in [5, 5.41) is 22.1. The van der Waals surface area contributed by atoms with Crippen molar-refractivity contribution in [3.05, 3.63) is 81.1 Å².